The first kappa shape index (κ1) is 10.6. The molecule has 2 heterocycles. The monoisotopic (exact) mass is 234 g/mol. The van der Waals surface area contributed by atoms with Crippen LogP contribution in [0.5, 0.6) is 0 Å². The van der Waals surface area contributed by atoms with Crippen LogP contribution >= 0.6 is 11.3 Å². The molecule has 5 heteroatoms. The Labute approximate surface area is 96.6 Å². The van der Waals surface area contributed by atoms with E-state index in [0.29, 0.717) is 10.9 Å². The summed E-state index contributed by atoms with van der Waals surface area (Å²) in [6, 6.07) is 3.54. The first-order chi connectivity index (χ1) is 7.74. The Morgan fingerprint density at radius 2 is 2.50 bits per heavy atom. The van der Waals surface area contributed by atoms with Crippen molar-refractivity contribution < 1.29 is 9.21 Å². The predicted octanol–water partition coefficient (Wildman–Crippen LogP) is 2.70. The van der Waals surface area contributed by atoms with Crippen molar-refractivity contribution in [3.05, 3.63) is 41.3 Å². The fourth-order valence-corrected chi connectivity index (χ4v) is 1.77. The summed E-state index contributed by atoms with van der Waals surface area (Å²) in [5.41, 5.74) is 0. The molecular formula is C11H10N2O2S. The molecule has 0 aliphatic heterocycles. The number of rotatable bonds is 3. The van der Waals surface area contributed by atoms with E-state index in [4.69, 9.17) is 4.42 Å². The second kappa shape index (κ2) is 4.76. The Balaban J connectivity index is 1.94. The molecule has 0 spiro atoms. The van der Waals surface area contributed by atoms with Crippen molar-refractivity contribution >= 4 is 28.5 Å². The second-order valence-electron chi connectivity index (χ2n) is 3.11. The second-order valence-corrected chi connectivity index (χ2v) is 4.35. The molecule has 1 N–H and O–H groups in total. The maximum absolute atomic E-state index is 11.4. The molecule has 0 aliphatic carbocycles. The fraction of sp³-hybridized carbons (Fsp3) is 0.0909. The lowest BCUT2D eigenvalue weighted by Crippen LogP contribution is -2.06. The van der Waals surface area contributed by atoms with Crippen molar-refractivity contribution in [3.63, 3.8) is 0 Å². The van der Waals surface area contributed by atoms with Gasteiger partial charge in [0.1, 0.15) is 5.76 Å². The number of nitrogens with zero attached hydrogens (tertiary/aromatic N) is 1. The molecule has 0 unspecified atom stereocenters. The molecular weight excluding hydrogens is 224 g/mol. The molecule has 0 saturated carbocycles. The molecule has 0 fully saturated rings. The van der Waals surface area contributed by atoms with Crippen LogP contribution in [0.4, 0.5) is 5.13 Å². The Kier molecular flexibility index (Phi) is 3.16. The highest BCUT2D eigenvalue weighted by Gasteiger charge is 2.01. The molecule has 4 nitrogen and oxygen atoms in total. The number of furan rings is 1. The van der Waals surface area contributed by atoms with Crippen LogP contribution < -0.4 is 5.32 Å². The molecule has 0 aromatic carbocycles. The van der Waals surface area contributed by atoms with Gasteiger partial charge in [0, 0.05) is 17.2 Å². The summed E-state index contributed by atoms with van der Waals surface area (Å²) < 4.78 is 5.06. The quantitative estimate of drug-likeness (QED) is 0.831. The molecule has 82 valence electrons. The lowest BCUT2D eigenvalue weighted by Gasteiger charge is -1.94. The third-order valence-corrected chi connectivity index (χ3v) is 2.62. The molecule has 16 heavy (non-hydrogen) atoms. The van der Waals surface area contributed by atoms with Gasteiger partial charge in [0.2, 0.25) is 5.91 Å². The zero-order valence-corrected chi connectivity index (χ0v) is 9.45. The molecule has 0 bridgehead atoms. The third kappa shape index (κ3) is 2.80. The molecule has 0 aliphatic rings. The first-order valence-electron chi connectivity index (χ1n) is 4.69. The van der Waals surface area contributed by atoms with Crippen LogP contribution in [0, 0.1) is 6.92 Å². The number of aryl methyl sites for hydroxylation is 1. The number of carbonyl (C=O) groups excluding carboxylic acids is 1. The molecule has 2 aromatic heterocycles. The maximum atomic E-state index is 11.4. The van der Waals surface area contributed by atoms with Gasteiger partial charge in [-0.1, -0.05) is 0 Å². The minimum atomic E-state index is -0.217. The van der Waals surface area contributed by atoms with Gasteiger partial charge >= 0.3 is 0 Å². The minimum absolute atomic E-state index is 0.217. The Bertz CT molecular complexity index is 500. The predicted molar refractivity (Wildman–Crippen MR) is 63.2 cm³/mol. The number of carbonyl (C=O) groups is 1. The molecule has 2 aromatic rings. The largest absolute Gasteiger partial charge is 0.465 e. The smallest absolute Gasteiger partial charge is 0.250 e. The van der Waals surface area contributed by atoms with Crippen LogP contribution in [-0.2, 0) is 4.79 Å². The molecule has 0 saturated heterocycles. The number of hydrogen-bond donors (Lipinski definition) is 1. The van der Waals surface area contributed by atoms with E-state index in [1.807, 2.05) is 6.92 Å². The van der Waals surface area contributed by atoms with E-state index in [-0.39, 0.29) is 5.91 Å². The first-order valence-corrected chi connectivity index (χ1v) is 5.51. The zero-order chi connectivity index (χ0) is 11.4. The molecule has 0 radical (unpaired) electrons. The van der Waals surface area contributed by atoms with Gasteiger partial charge in [-0.3, -0.25) is 10.1 Å². The van der Waals surface area contributed by atoms with E-state index in [0.717, 1.165) is 4.88 Å². The van der Waals surface area contributed by atoms with E-state index in [1.165, 1.54) is 17.4 Å². The van der Waals surface area contributed by atoms with Crippen molar-refractivity contribution in [3.8, 4) is 0 Å². The number of anilines is 1. The normalized spacial score (nSPS) is 10.8. The molecule has 2 rings (SSSR count). The van der Waals surface area contributed by atoms with Gasteiger partial charge in [0.15, 0.2) is 5.13 Å². The third-order valence-electron chi connectivity index (χ3n) is 1.79. The minimum Gasteiger partial charge on any atom is -0.465 e. The lowest BCUT2D eigenvalue weighted by atomic mass is 10.4. The number of amides is 1. The van der Waals surface area contributed by atoms with Gasteiger partial charge in [0.05, 0.1) is 6.26 Å². The van der Waals surface area contributed by atoms with E-state index in [1.54, 1.807) is 30.7 Å². The van der Waals surface area contributed by atoms with Crippen LogP contribution in [0.2, 0.25) is 0 Å². The van der Waals surface area contributed by atoms with E-state index in [9.17, 15) is 4.79 Å². The SMILES string of the molecule is Cc1cnc(NC(=O)C=Cc2ccco2)s1. The van der Waals surface area contributed by atoms with Crippen molar-refractivity contribution in [2.45, 2.75) is 6.92 Å². The summed E-state index contributed by atoms with van der Waals surface area (Å²) in [6.07, 6.45) is 6.30. The number of aromatic nitrogens is 1. The lowest BCUT2D eigenvalue weighted by molar-refractivity contribution is -0.111. The van der Waals surface area contributed by atoms with Gasteiger partial charge in [0.25, 0.3) is 0 Å². The highest BCUT2D eigenvalue weighted by atomic mass is 32.1. The summed E-state index contributed by atoms with van der Waals surface area (Å²) in [5, 5.41) is 3.27. The average molecular weight is 234 g/mol. The van der Waals surface area contributed by atoms with E-state index in [2.05, 4.69) is 10.3 Å². The van der Waals surface area contributed by atoms with Crippen LogP contribution in [0.1, 0.15) is 10.6 Å². The van der Waals surface area contributed by atoms with Gasteiger partial charge in [-0.05, 0) is 25.1 Å². The van der Waals surface area contributed by atoms with Crippen LogP contribution in [0.3, 0.4) is 0 Å². The summed E-state index contributed by atoms with van der Waals surface area (Å²) in [6.45, 7) is 1.94. The molecule has 0 atom stereocenters. The number of nitrogens with one attached hydrogen (secondary N) is 1. The van der Waals surface area contributed by atoms with Crippen LogP contribution in [0.25, 0.3) is 6.08 Å². The average Bonchev–Trinajstić information content (AvgIpc) is 2.87. The summed E-state index contributed by atoms with van der Waals surface area (Å²) in [7, 11) is 0. The Hall–Kier alpha value is -1.88. The summed E-state index contributed by atoms with van der Waals surface area (Å²) in [4.78, 5) is 16.5. The van der Waals surface area contributed by atoms with Gasteiger partial charge in [-0.25, -0.2) is 4.98 Å². The fourth-order valence-electron chi connectivity index (χ4n) is 1.10. The van der Waals surface area contributed by atoms with Crippen molar-refractivity contribution in [2.75, 3.05) is 5.32 Å². The van der Waals surface area contributed by atoms with Crippen molar-refractivity contribution in [1.29, 1.82) is 0 Å². The van der Waals surface area contributed by atoms with E-state index < -0.39 is 0 Å². The van der Waals surface area contributed by atoms with Gasteiger partial charge in [-0.15, -0.1) is 11.3 Å². The Morgan fingerprint density at radius 3 is 3.12 bits per heavy atom. The van der Waals surface area contributed by atoms with Crippen molar-refractivity contribution in [2.24, 2.45) is 0 Å². The van der Waals surface area contributed by atoms with Gasteiger partial charge < -0.3 is 4.42 Å². The van der Waals surface area contributed by atoms with E-state index >= 15 is 0 Å². The standard InChI is InChI=1S/C11H10N2O2S/c1-8-7-12-11(16-8)13-10(14)5-4-9-3-2-6-15-9/h2-7H,1H3,(H,12,13,14). The highest BCUT2D eigenvalue weighted by Crippen LogP contribution is 2.16. The maximum Gasteiger partial charge on any atom is 0.250 e. The summed E-state index contributed by atoms with van der Waals surface area (Å²) in [5.74, 6) is 0.427. The van der Waals surface area contributed by atoms with Crippen LogP contribution in [0.15, 0.2) is 35.1 Å². The number of thiazole rings is 1. The van der Waals surface area contributed by atoms with Crippen LogP contribution in [-0.4, -0.2) is 10.9 Å². The number of hydrogen-bond acceptors (Lipinski definition) is 4. The highest BCUT2D eigenvalue weighted by molar-refractivity contribution is 7.15. The Morgan fingerprint density at radius 1 is 1.62 bits per heavy atom. The summed E-state index contributed by atoms with van der Waals surface area (Å²) >= 11 is 1.44. The zero-order valence-electron chi connectivity index (χ0n) is 8.64. The molecule has 1 amide bonds. The van der Waals surface area contributed by atoms with Gasteiger partial charge in [-0.2, -0.15) is 0 Å². The topological polar surface area (TPSA) is 55.1 Å². The van der Waals surface area contributed by atoms with Crippen molar-refractivity contribution in [1.82, 2.24) is 4.98 Å².